The molecule has 156 valence electrons. The lowest BCUT2D eigenvalue weighted by molar-refractivity contribution is -0.145. The molecular weight excluding hydrogens is 385 g/mol. The molecule has 3 aromatic rings. The van der Waals surface area contributed by atoms with Crippen LogP contribution in [0.4, 0.5) is 4.39 Å². The van der Waals surface area contributed by atoms with Crippen LogP contribution in [0.1, 0.15) is 31.2 Å². The molecule has 0 unspecified atom stereocenters. The molecule has 2 N–H and O–H groups in total. The number of hydrogen-bond acceptors (Lipinski definition) is 3. The first-order valence-corrected chi connectivity index (χ1v) is 10.2. The maximum atomic E-state index is 13.9. The molecule has 4 rings (SSSR count). The highest BCUT2D eigenvalue weighted by Gasteiger charge is 2.26. The van der Waals surface area contributed by atoms with E-state index in [1.807, 2.05) is 18.2 Å². The van der Waals surface area contributed by atoms with Crippen LogP contribution in [0.25, 0.3) is 22.3 Å². The Morgan fingerprint density at radius 2 is 2.00 bits per heavy atom. The fourth-order valence-corrected chi connectivity index (χ4v) is 4.16. The molecule has 1 fully saturated rings. The van der Waals surface area contributed by atoms with Gasteiger partial charge in [-0.1, -0.05) is 6.07 Å². The molecular formula is C23H24FN3O3. The summed E-state index contributed by atoms with van der Waals surface area (Å²) in [5.74, 6) is -1.39. The second-order valence-corrected chi connectivity index (χ2v) is 7.73. The highest BCUT2D eigenvalue weighted by Crippen LogP contribution is 2.31. The third kappa shape index (κ3) is 4.20. The Labute approximate surface area is 173 Å². The number of amides is 1. The lowest BCUT2D eigenvalue weighted by Gasteiger charge is -2.30. The zero-order valence-corrected chi connectivity index (χ0v) is 16.6. The zero-order valence-electron chi connectivity index (χ0n) is 16.6. The number of likely N-dealkylation sites (tertiary alicyclic amines) is 1. The van der Waals surface area contributed by atoms with Gasteiger partial charge in [0.1, 0.15) is 5.82 Å². The summed E-state index contributed by atoms with van der Waals surface area (Å²) in [4.78, 5) is 33.2. The van der Waals surface area contributed by atoms with Crippen molar-refractivity contribution in [2.75, 3.05) is 13.1 Å². The van der Waals surface area contributed by atoms with Gasteiger partial charge in [-0.25, -0.2) is 4.39 Å². The van der Waals surface area contributed by atoms with E-state index in [2.05, 4.69) is 9.97 Å². The Hall–Kier alpha value is -3.22. The van der Waals surface area contributed by atoms with Gasteiger partial charge in [-0.05, 0) is 61.6 Å². The number of carbonyl (C=O) groups excluding carboxylic acids is 1. The standard InChI is InChI=1S/C23H24FN3O3/c24-16-7-8-19-18(14-16)17(22(26-19)20-5-1-2-11-25-20)4-3-6-21(28)27-12-9-15(10-13-27)23(29)30/h1-2,5,7-8,11,14-15,26H,3-4,6,9-10,12-13H2,(H,29,30). The van der Waals surface area contributed by atoms with E-state index in [9.17, 15) is 14.0 Å². The Morgan fingerprint density at radius 1 is 1.20 bits per heavy atom. The number of carboxylic acid groups (broad SMARTS) is 1. The van der Waals surface area contributed by atoms with Gasteiger partial charge >= 0.3 is 5.97 Å². The van der Waals surface area contributed by atoms with Crippen LogP contribution in [-0.4, -0.2) is 44.9 Å². The van der Waals surface area contributed by atoms with Crippen LogP contribution in [0, 0.1) is 11.7 Å². The van der Waals surface area contributed by atoms with Crippen molar-refractivity contribution in [3.63, 3.8) is 0 Å². The van der Waals surface area contributed by atoms with Crippen molar-refractivity contribution in [2.24, 2.45) is 5.92 Å². The predicted molar refractivity (Wildman–Crippen MR) is 111 cm³/mol. The van der Waals surface area contributed by atoms with Crippen molar-refractivity contribution in [1.29, 1.82) is 0 Å². The second-order valence-electron chi connectivity index (χ2n) is 7.73. The normalized spacial score (nSPS) is 14.9. The molecule has 3 heterocycles. The van der Waals surface area contributed by atoms with E-state index in [-0.39, 0.29) is 17.6 Å². The smallest absolute Gasteiger partial charge is 0.306 e. The van der Waals surface area contributed by atoms with Gasteiger partial charge in [0.25, 0.3) is 0 Å². The van der Waals surface area contributed by atoms with Crippen LogP contribution < -0.4 is 0 Å². The fraction of sp³-hybridized carbons (Fsp3) is 0.348. The molecule has 0 radical (unpaired) electrons. The van der Waals surface area contributed by atoms with Crippen molar-refractivity contribution in [3.8, 4) is 11.4 Å². The molecule has 1 amide bonds. The predicted octanol–water partition coefficient (Wildman–Crippen LogP) is 4.01. The van der Waals surface area contributed by atoms with Crippen molar-refractivity contribution in [2.45, 2.75) is 32.1 Å². The van der Waals surface area contributed by atoms with Crippen molar-refractivity contribution in [3.05, 3.63) is 54.0 Å². The number of aromatic amines is 1. The lowest BCUT2D eigenvalue weighted by atomic mass is 9.96. The number of aryl methyl sites for hydroxylation is 1. The molecule has 0 bridgehead atoms. The topological polar surface area (TPSA) is 86.3 Å². The molecule has 30 heavy (non-hydrogen) atoms. The maximum Gasteiger partial charge on any atom is 0.306 e. The summed E-state index contributed by atoms with van der Waals surface area (Å²) in [6.45, 7) is 0.987. The summed E-state index contributed by atoms with van der Waals surface area (Å²) < 4.78 is 13.9. The Morgan fingerprint density at radius 3 is 2.70 bits per heavy atom. The van der Waals surface area contributed by atoms with E-state index < -0.39 is 5.97 Å². The zero-order chi connectivity index (χ0) is 21.1. The van der Waals surface area contributed by atoms with E-state index in [1.165, 1.54) is 12.1 Å². The van der Waals surface area contributed by atoms with Gasteiger partial charge in [-0.2, -0.15) is 0 Å². The minimum absolute atomic E-state index is 0.0456. The number of piperidine rings is 1. The Bertz CT molecular complexity index is 1060. The fourth-order valence-electron chi connectivity index (χ4n) is 4.16. The van der Waals surface area contributed by atoms with Crippen molar-refractivity contribution >= 4 is 22.8 Å². The molecule has 0 spiro atoms. The average Bonchev–Trinajstić information content (AvgIpc) is 3.12. The van der Waals surface area contributed by atoms with Gasteiger partial charge in [0.15, 0.2) is 0 Å². The molecule has 1 saturated heterocycles. The Balaban J connectivity index is 1.47. The maximum absolute atomic E-state index is 13.9. The quantitative estimate of drug-likeness (QED) is 0.644. The van der Waals surface area contributed by atoms with Gasteiger partial charge in [0.05, 0.1) is 17.3 Å². The summed E-state index contributed by atoms with van der Waals surface area (Å²) in [7, 11) is 0. The van der Waals surface area contributed by atoms with E-state index in [0.717, 1.165) is 27.9 Å². The molecule has 2 aromatic heterocycles. The van der Waals surface area contributed by atoms with Gasteiger partial charge in [0, 0.05) is 36.6 Å². The van der Waals surface area contributed by atoms with E-state index in [0.29, 0.717) is 45.2 Å². The van der Waals surface area contributed by atoms with Crippen molar-refractivity contribution in [1.82, 2.24) is 14.9 Å². The van der Waals surface area contributed by atoms with Crippen LogP contribution in [0.5, 0.6) is 0 Å². The number of fused-ring (bicyclic) bond motifs is 1. The minimum atomic E-state index is -0.782. The van der Waals surface area contributed by atoms with Gasteiger partial charge in [0.2, 0.25) is 5.91 Å². The molecule has 0 saturated carbocycles. The van der Waals surface area contributed by atoms with E-state index in [1.54, 1.807) is 17.2 Å². The number of benzene rings is 1. The molecule has 0 atom stereocenters. The lowest BCUT2D eigenvalue weighted by Crippen LogP contribution is -2.40. The molecule has 6 nitrogen and oxygen atoms in total. The van der Waals surface area contributed by atoms with Gasteiger partial charge in [-0.15, -0.1) is 0 Å². The first-order chi connectivity index (χ1) is 14.5. The minimum Gasteiger partial charge on any atom is -0.481 e. The van der Waals surface area contributed by atoms with E-state index in [4.69, 9.17) is 5.11 Å². The third-order valence-electron chi connectivity index (χ3n) is 5.80. The van der Waals surface area contributed by atoms with Crippen LogP contribution in [0.15, 0.2) is 42.6 Å². The van der Waals surface area contributed by atoms with Crippen LogP contribution in [0.2, 0.25) is 0 Å². The summed E-state index contributed by atoms with van der Waals surface area (Å²) in [6.07, 6.45) is 4.35. The molecule has 1 aromatic carbocycles. The van der Waals surface area contributed by atoms with Gasteiger partial charge in [-0.3, -0.25) is 14.6 Å². The van der Waals surface area contributed by atoms with Gasteiger partial charge < -0.3 is 15.0 Å². The molecule has 1 aliphatic rings. The number of carbonyl (C=O) groups is 2. The number of nitrogens with zero attached hydrogens (tertiary/aromatic N) is 2. The first kappa shape index (κ1) is 20.1. The Kier molecular flexibility index (Phi) is 5.79. The van der Waals surface area contributed by atoms with Crippen LogP contribution in [0.3, 0.4) is 0 Å². The highest BCUT2D eigenvalue weighted by atomic mass is 19.1. The number of aromatic nitrogens is 2. The summed E-state index contributed by atoms with van der Waals surface area (Å²) in [5, 5.41) is 9.91. The number of aliphatic carboxylic acids is 1. The van der Waals surface area contributed by atoms with Crippen LogP contribution >= 0.6 is 0 Å². The summed E-state index contributed by atoms with van der Waals surface area (Å²) >= 11 is 0. The van der Waals surface area contributed by atoms with E-state index >= 15 is 0 Å². The monoisotopic (exact) mass is 409 g/mol. The number of rotatable bonds is 6. The average molecular weight is 409 g/mol. The SMILES string of the molecule is O=C(O)C1CCN(C(=O)CCCc2c(-c3ccccn3)[nH]c3ccc(F)cc23)CC1. The summed E-state index contributed by atoms with van der Waals surface area (Å²) in [6, 6.07) is 10.3. The molecule has 7 heteroatoms. The number of nitrogens with one attached hydrogen (secondary N) is 1. The molecule has 1 aliphatic heterocycles. The highest BCUT2D eigenvalue weighted by molar-refractivity contribution is 5.90. The number of hydrogen-bond donors (Lipinski definition) is 2. The second kappa shape index (κ2) is 8.65. The third-order valence-corrected chi connectivity index (χ3v) is 5.80. The number of carboxylic acids is 1. The number of H-pyrrole nitrogens is 1. The number of halogens is 1. The largest absolute Gasteiger partial charge is 0.481 e. The van der Waals surface area contributed by atoms with Crippen molar-refractivity contribution < 1.29 is 19.1 Å². The first-order valence-electron chi connectivity index (χ1n) is 10.2. The summed E-state index contributed by atoms with van der Waals surface area (Å²) in [5.41, 5.74) is 3.44. The number of pyridine rings is 1. The van der Waals surface area contributed by atoms with Crippen LogP contribution in [-0.2, 0) is 16.0 Å². The molecule has 0 aliphatic carbocycles.